The molecule has 3 nitrogen and oxygen atoms in total. The molecule has 0 radical (unpaired) electrons. The summed E-state index contributed by atoms with van der Waals surface area (Å²) in [6.07, 6.45) is 7.63. The molecule has 0 aliphatic heterocycles. The fourth-order valence-electron chi connectivity index (χ4n) is 1.88. The van der Waals surface area contributed by atoms with Gasteiger partial charge in [-0.3, -0.25) is 0 Å². The van der Waals surface area contributed by atoms with Crippen LogP contribution in [0.15, 0.2) is 0 Å². The van der Waals surface area contributed by atoms with Gasteiger partial charge in [0.15, 0.2) is 0 Å². The molecule has 0 fully saturated rings. The van der Waals surface area contributed by atoms with Gasteiger partial charge in [0.1, 0.15) is 0 Å². The molecule has 0 rings (SSSR count). The normalized spacial score (nSPS) is 11.1. The lowest BCUT2D eigenvalue weighted by molar-refractivity contribution is -0.870. The first kappa shape index (κ1) is 25.4. The minimum Gasteiger partial charge on any atom is -1.00 e. The van der Waals surface area contributed by atoms with E-state index >= 15 is 0 Å². The third-order valence-electron chi connectivity index (χ3n) is 3.01. The van der Waals surface area contributed by atoms with Gasteiger partial charge in [0.2, 0.25) is 0 Å². The van der Waals surface area contributed by atoms with E-state index in [0.717, 1.165) is 17.7 Å². The molecule has 5 heteroatoms. The Morgan fingerprint density at radius 3 is 1.75 bits per heavy atom. The van der Waals surface area contributed by atoms with Gasteiger partial charge in [-0.15, -0.1) is 12.4 Å². The van der Waals surface area contributed by atoms with Gasteiger partial charge in [0.05, 0.1) is 27.7 Å². The summed E-state index contributed by atoms with van der Waals surface area (Å²) >= 11 is 0. The van der Waals surface area contributed by atoms with E-state index in [1.54, 1.807) is 0 Å². The Kier molecular flexibility index (Phi) is 20.1. The van der Waals surface area contributed by atoms with Gasteiger partial charge < -0.3 is 26.5 Å². The van der Waals surface area contributed by atoms with Crippen molar-refractivity contribution < 1.29 is 21.6 Å². The average molecular weight is 331 g/mol. The van der Waals surface area contributed by atoms with Crippen molar-refractivity contribution in [1.82, 2.24) is 4.90 Å². The zero-order valence-corrected chi connectivity index (χ0v) is 15.7. The number of hydrogen-bond donors (Lipinski definition) is 0. The second-order valence-corrected chi connectivity index (χ2v) is 6.55. The van der Waals surface area contributed by atoms with Crippen molar-refractivity contribution in [2.45, 2.75) is 38.5 Å². The van der Waals surface area contributed by atoms with Gasteiger partial charge in [0, 0.05) is 13.2 Å². The number of unbranched alkanes of at least 4 members (excludes halogenated alkanes) is 4. The lowest BCUT2D eigenvalue weighted by Gasteiger charge is -2.23. The highest BCUT2D eigenvalue weighted by atomic mass is 35.5. The van der Waals surface area contributed by atoms with Crippen LogP contribution in [0.2, 0.25) is 0 Å². The first-order valence-electron chi connectivity index (χ1n) is 7.45. The first-order chi connectivity index (χ1) is 8.42. The molecule has 0 aliphatic rings. The molecule has 20 heavy (non-hydrogen) atoms. The monoisotopic (exact) mass is 330 g/mol. The molecule has 0 aliphatic carbocycles. The molecule has 0 aromatic carbocycles. The van der Waals surface area contributed by atoms with Crippen molar-refractivity contribution >= 4 is 12.4 Å². The summed E-state index contributed by atoms with van der Waals surface area (Å²) in [5, 5.41) is 0. The number of rotatable bonds is 12. The van der Waals surface area contributed by atoms with Crippen LogP contribution >= 0.6 is 12.4 Å². The minimum atomic E-state index is 0. The van der Waals surface area contributed by atoms with Crippen LogP contribution in [0.1, 0.15) is 38.5 Å². The summed E-state index contributed by atoms with van der Waals surface area (Å²) in [4.78, 5) is 2.24. The van der Waals surface area contributed by atoms with Gasteiger partial charge in [-0.05, 0) is 59.2 Å². The number of hydrogen-bond acceptors (Lipinski definition) is 2. The SMILES string of the molecule is CN(C)CCCCCOCCCCC[N+](C)(C)C.Cl.[Cl-]. The third kappa shape index (κ3) is 23.5. The van der Waals surface area contributed by atoms with Crippen molar-refractivity contribution in [3.05, 3.63) is 0 Å². The zero-order valence-electron chi connectivity index (χ0n) is 14.2. The maximum absolute atomic E-state index is 5.65. The van der Waals surface area contributed by atoms with E-state index in [1.165, 1.54) is 51.6 Å². The predicted octanol–water partition coefficient (Wildman–Crippen LogP) is 0.0372. The fourth-order valence-corrected chi connectivity index (χ4v) is 1.88. The Labute approximate surface area is 139 Å². The van der Waals surface area contributed by atoms with Crippen LogP contribution in [0.4, 0.5) is 0 Å². The topological polar surface area (TPSA) is 12.5 Å². The van der Waals surface area contributed by atoms with Crippen LogP contribution in [0, 0.1) is 0 Å². The van der Waals surface area contributed by atoms with Crippen molar-refractivity contribution in [2.24, 2.45) is 0 Å². The second-order valence-electron chi connectivity index (χ2n) is 6.55. The Bertz CT molecular complexity index is 185. The molecule has 0 saturated heterocycles. The molecular formula is C15H36Cl2N2O. The zero-order chi connectivity index (χ0) is 13.9. The average Bonchev–Trinajstić information content (AvgIpc) is 2.24. The summed E-state index contributed by atoms with van der Waals surface area (Å²) in [6, 6.07) is 0. The lowest BCUT2D eigenvalue weighted by Crippen LogP contribution is -3.00. The van der Waals surface area contributed by atoms with E-state index in [0.29, 0.717) is 0 Å². The summed E-state index contributed by atoms with van der Waals surface area (Å²) in [6.45, 7) is 4.36. The number of nitrogens with zero attached hydrogens (tertiary/aromatic N) is 2. The highest BCUT2D eigenvalue weighted by molar-refractivity contribution is 5.85. The molecule has 0 aromatic heterocycles. The summed E-state index contributed by atoms with van der Waals surface area (Å²) < 4.78 is 6.73. The highest BCUT2D eigenvalue weighted by Gasteiger charge is 2.04. The lowest BCUT2D eigenvalue weighted by atomic mass is 10.2. The van der Waals surface area contributed by atoms with E-state index in [4.69, 9.17) is 4.74 Å². The fraction of sp³-hybridized carbons (Fsp3) is 1.00. The second kappa shape index (κ2) is 15.8. The van der Waals surface area contributed by atoms with E-state index in [1.807, 2.05) is 0 Å². The highest BCUT2D eigenvalue weighted by Crippen LogP contribution is 2.02. The quantitative estimate of drug-likeness (QED) is 0.370. The van der Waals surface area contributed by atoms with Gasteiger partial charge in [0.25, 0.3) is 0 Å². The molecule has 0 saturated carbocycles. The minimum absolute atomic E-state index is 0. The van der Waals surface area contributed by atoms with Crippen LogP contribution in [-0.2, 0) is 4.74 Å². The molecular weight excluding hydrogens is 295 g/mol. The molecule has 0 amide bonds. The summed E-state index contributed by atoms with van der Waals surface area (Å²) in [7, 11) is 11.0. The van der Waals surface area contributed by atoms with E-state index in [-0.39, 0.29) is 24.8 Å². The maximum atomic E-state index is 5.65. The van der Waals surface area contributed by atoms with Crippen LogP contribution in [0.5, 0.6) is 0 Å². The molecule has 0 bridgehead atoms. The molecule has 0 spiro atoms. The largest absolute Gasteiger partial charge is 1.00 e. The smallest absolute Gasteiger partial charge is 0.0780 e. The number of halogens is 2. The predicted molar refractivity (Wildman–Crippen MR) is 87.2 cm³/mol. The molecule has 126 valence electrons. The van der Waals surface area contributed by atoms with Crippen LogP contribution < -0.4 is 12.4 Å². The number of ether oxygens (including phenoxy) is 1. The van der Waals surface area contributed by atoms with Crippen LogP contribution in [-0.4, -0.2) is 70.9 Å². The van der Waals surface area contributed by atoms with Crippen LogP contribution in [0.3, 0.4) is 0 Å². The molecule has 0 atom stereocenters. The Hall–Kier alpha value is 0.460. The van der Waals surface area contributed by atoms with E-state index in [2.05, 4.69) is 40.1 Å². The van der Waals surface area contributed by atoms with E-state index < -0.39 is 0 Å². The molecule has 0 N–H and O–H groups in total. The van der Waals surface area contributed by atoms with Crippen molar-refractivity contribution in [2.75, 3.05) is 61.5 Å². The van der Waals surface area contributed by atoms with Crippen LogP contribution in [0.25, 0.3) is 0 Å². The third-order valence-corrected chi connectivity index (χ3v) is 3.01. The van der Waals surface area contributed by atoms with Crippen molar-refractivity contribution in [1.29, 1.82) is 0 Å². The van der Waals surface area contributed by atoms with Gasteiger partial charge in [-0.2, -0.15) is 0 Å². The Balaban J connectivity index is -0.00000144. The van der Waals surface area contributed by atoms with Gasteiger partial charge in [-0.25, -0.2) is 0 Å². The van der Waals surface area contributed by atoms with E-state index in [9.17, 15) is 0 Å². The maximum Gasteiger partial charge on any atom is 0.0780 e. The van der Waals surface area contributed by atoms with Gasteiger partial charge in [-0.1, -0.05) is 0 Å². The summed E-state index contributed by atoms with van der Waals surface area (Å²) in [5.74, 6) is 0. The Morgan fingerprint density at radius 2 is 1.30 bits per heavy atom. The Morgan fingerprint density at radius 1 is 0.800 bits per heavy atom. The molecule has 0 aromatic rings. The van der Waals surface area contributed by atoms with Gasteiger partial charge >= 0.3 is 0 Å². The number of quaternary nitrogens is 1. The standard InChI is InChI=1S/C15H35N2O.2ClH/c1-16(2)12-8-6-10-14-18-15-11-7-9-13-17(3,4)5;;/h6-15H2,1-5H3;2*1H/q+1;;/p-1. The molecule has 0 unspecified atom stereocenters. The molecule has 0 heterocycles. The van der Waals surface area contributed by atoms with Crippen molar-refractivity contribution in [3.8, 4) is 0 Å². The summed E-state index contributed by atoms with van der Waals surface area (Å²) in [5.41, 5.74) is 0. The van der Waals surface area contributed by atoms with Crippen molar-refractivity contribution in [3.63, 3.8) is 0 Å². The first-order valence-corrected chi connectivity index (χ1v) is 7.45.